The third-order valence-electron chi connectivity index (χ3n) is 4.34. The van der Waals surface area contributed by atoms with E-state index in [0.29, 0.717) is 10.6 Å². The molecule has 1 aliphatic rings. The molecule has 0 saturated carbocycles. The van der Waals surface area contributed by atoms with Crippen LogP contribution in [0.3, 0.4) is 0 Å². The van der Waals surface area contributed by atoms with Crippen LogP contribution < -0.4 is 5.32 Å². The molecule has 0 bridgehead atoms. The number of aryl methyl sites for hydroxylation is 1. The highest BCUT2D eigenvalue weighted by atomic mass is 79.9. The molecule has 1 aromatic carbocycles. The van der Waals surface area contributed by atoms with E-state index < -0.39 is 0 Å². The van der Waals surface area contributed by atoms with Crippen molar-refractivity contribution in [2.45, 2.75) is 32.1 Å². The number of hydrogen-bond donors (Lipinski definition) is 1. The highest BCUT2D eigenvalue weighted by Gasteiger charge is 2.25. The number of carbonyl (C=O) groups excluding carboxylic acids is 2. The SMILES string of the molecule is COC(=O)c1c(NC(=O)/C=C/c2ccc(Br)cc2)sc2c1CCCCC2. The number of halogens is 1. The Balaban J connectivity index is 1.81. The average molecular weight is 434 g/mol. The van der Waals surface area contributed by atoms with Crippen molar-refractivity contribution in [3.8, 4) is 0 Å². The summed E-state index contributed by atoms with van der Waals surface area (Å²) in [5.41, 5.74) is 2.50. The largest absolute Gasteiger partial charge is 0.465 e. The highest BCUT2D eigenvalue weighted by molar-refractivity contribution is 9.10. The van der Waals surface area contributed by atoms with Gasteiger partial charge in [0.25, 0.3) is 0 Å². The Labute approximate surface area is 165 Å². The summed E-state index contributed by atoms with van der Waals surface area (Å²) in [7, 11) is 1.38. The van der Waals surface area contributed by atoms with Crippen LogP contribution in [0.5, 0.6) is 0 Å². The molecule has 0 fully saturated rings. The maximum Gasteiger partial charge on any atom is 0.341 e. The molecule has 0 atom stereocenters. The standard InChI is InChI=1S/C20H20BrNO3S/c1-25-20(24)18-15-5-3-2-4-6-16(15)26-19(18)22-17(23)12-9-13-7-10-14(21)11-8-13/h7-12H,2-6H2,1H3,(H,22,23)/b12-9+. The average Bonchev–Trinajstić information content (AvgIpc) is 2.81. The number of amides is 1. The van der Waals surface area contributed by atoms with Gasteiger partial charge < -0.3 is 10.1 Å². The van der Waals surface area contributed by atoms with Gasteiger partial charge in [-0.05, 0) is 55.0 Å². The molecule has 2 aromatic rings. The second-order valence-corrected chi connectivity index (χ2v) is 8.16. The first-order valence-corrected chi connectivity index (χ1v) is 10.2. The maximum atomic E-state index is 12.3. The Bertz CT molecular complexity index is 839. The van der Waals surface area contributed by atoms with Crippen LogP contribution in [0.25, 0.3) is 6.08 Å². The molecule has 0 radical (unpaired) electrons. The van der Waals surface area contributed by atoms with Gasteiger partial charge in [-0.25, -0.2) is 4.79 Å². The van der Waals surface area contributed by atoms with Gasteiger partial charge in [0, 0.05) is 15.4 Å². The quantitative estimate of drug-likeness (QED) is 0.408. The Kier molecular flexibility index (Phi) is 6.27. The molecule has 136 valence electrons. The summed E-state index contributed by atoms with van der Waals surface area (Å²) in [5, 5.41) is 3.46. The molecular weight excluding hydrogens is 414 g/mol. The summed E-state index contributed by atoms with van der Waals surface area (Å²) < 4.78 is 5.95. The van der Waals surface area contributed by atoms with E-state index in [1.807, 2.05) is 24.3 Å². The van der Waals surface area contributed by atoms with Crippen LogP contribution in [0.4, 0.5) is 5.00 Å². The fourth-order valence-corrected chi connectivity index (χ4v) is 4.59. The van der Waals surface area contributed by atoms with Crippen molar-refractivity contribution in [3.05, 3.63) is 56.4 Å². The predicted octanol–water partition coefficient (Wildman–Crippen LogP) is 5.22. The van der Waals surface area contributed by atoms with E-state index in [1.165, 1.54) is 35.8 Å². The predicted molar refractivity (Wildman–Crippen MR) is 109 cm³/mol. The van der Waals surface area contributed by atoms with Crippen LogP contribution in [-0.2, 0) is 22.4 Å². The lowest BCUT2D eigenvalue weighted by Gasteiger charge is -2.06. The number of hydrogen-bond acceptors (Lipinski definition) is 4. The van der Waals surface area contributed by atoms with Gasteiger partial charge >= 0.3 is 5.97 Å². The van der Waals surface area contributed by atoms with Crippen molar-refractivity contribution in [1.29, 1.82) is 0 Å². The summed E-state index contributed by atoms with van der Waals surface area (Å²) in [6.07, 6.45) is 8.39. The minimum absolute atomic E-state index is 0.255. The lowest BCUT2D eigenvalue weighted by Crippen LogP contribution is -2.12. The molecule has 0 spiro atoms. The third-order valence-corrected chi connectivity index (χ3v) is 6.08. The fourth-order valence-electron chi connectivity index (χ4n) is 3.05. The smallest absolute Gasteiger partial charge is 0.341 e. The van der Waals surface area contributed by atoms with E-state index in [1.54, 1.807) is 6.08 Å². The van der Waals surface area contributed by atoms with Gasteiger partial charge in [0.1, 0.15) is 5.00 Å². The molecule has 3 rings (SSSR count). The van der Waals surface area contributed by atoms with Gasteiger partial charge in [0.15, 0.2) is 0 Å². The zero-order valence-electron chi connectivity index (χ0n) is 14.5. The monoisotopic (exact) mass is 433 g/mol. The van der Waals surface area contributed by atoms with Gasteiger partial charge in [-0.3, -0.25) is 4.79 Å². The van der Waals surface area contributed by atoms with Crippen LogP contribution in [0.2, 0.25) is 0 Å². The fraction of sp³-hybridized carbons (Fsp3) is 0.300. The number of carbonyl (C=O) groups is 2. The molecule has 6 heteroatoms. The van der Waals surface area contributed by atoms with E-state index in [9.17, 15) is 9.59 Å². The molecule has 1 aliphatic carbocycles. The molecule has 26 heavy (non-hydrogen) atoms. The number of esters is 1. The molecule has 1 N–H and O–H groups in total. The molecule has 1 heterocycles. The third kappa shape index (κ3) is 4.43. The number of nitrogens with one attached hydrogen (secondary N) is 1. The number of methoxy groups -OCH3 is 1. The van der Waals surface area contributed by atoms with E-state index in [2.05, 4.69) is 21.2 Å². The first-order chi connectivity index (χ1) is 12.6. The number of fused-ring (bicyclic) bond motifs is 1. The maximum absolute atomic E-state index is 12.3. The molecule has 4 nitrogen and oxygen atoms in total. The van der Waals surface area contributed by atoms with E-state index in [-0.39, 0.29) is 11.9 Å². The summed E-state index contributed by atoms with van der Waals surface area (Å²) in [6.45, 7) is 0. The molecule has 1 amide bonds. The Morgan fingerprint density at radius 2 is 1.88 bits per heavy atom. The zero-order valence-corrected chi connectivity index (χ0v) is 16.9. The first kappa shape index (κ1) is 18.9. The molecule has 0 aliphatic heterocycles. The van der Waals surface area contributed by atoms with Crippen molar-refractivity contribution in [3.63, 3.8) is 0 Å². The lowest BCUT2D eigenvalue weighted by atomic mass is 10.1. The topological polar surface area (TPSA) is 55.4 Å². The zero-order chi connectivity index (χ0) is 18.5. The number of rotatable bonds is 4. The minimum atomic E-state index is -0.378. The van der Waals surface area contributed by atoms with Crippen molar-refractivity contribution in [1.82, 2.24) is 0 Å². The summed E-state index contributed by atoms with van der Waals surface area (Å²) in [6, 6.07) is 7.68. The van der Waals surface area contributed by atoms with Crippen LogP contribution >= 0.6 is 27.3 Å². The molecule has 0 unspecified atom stereocenters. The van der Waals surface area contributed by atoms with Crippen molar-refractivity contribution < 1.29 is 14.3 Å². The van der Waals surface area contributed by atoms with Crippen LogP contribution in [0.1, 0.15) is 45.6 Å². The van der Waals surface area contributed by atoms with Gasteiger partial charge in [-0.15, -0.1) is 11.3 Å². The molecule has 0 saturated heterocycles. The highest BCUT2D eigenvalue weighted by Crippen LogP contribution is 2.37. The lowest BCUT2D eigenvalue weighted by molar-refractivity contribution is -0.111. The number of benzene rings is 1. The first-order valence-electron chi connectivity index (χ1n) is 8.56. The van der Waals surface area contributed by atoms with Crippen LogP contribution in [0.15, 0.2) is 34.8 Å². The van der Waals surface area contributed by atoms with Crippen molar-refractivity contribution >= 4 is 50.2 Å². The van der Waals surface area contributed by atoms with E-state index >= 15 is 0 Å². The minimum Gasteiger partial charge on any atom is -0.465 e. The number of anilines is 1. The van der Waals surface area contributed by atoms with Crippen LogP contribution in [0, 0.1) is 0 Å². The summed E-state index contributed by atoms with van der Waals surface area (Å²) in [5.74, 6) is -0.633. The van der Waals surface area contributed by atoms with Gasteiger partial charge in [-0.2, -0.15) is 0 Å². The Morgan fingerprint density at radius 3 is 2.62 bits per heavy atom. The summed E-state index contributed by atoms with van der Waals surface area (Å²) in [4.78, 5) is 25.8. The number of thiophene rings is 1. The molecule has 1 aromatic heterocycles. The Hall–Kier alpha value is -1.92. The van der Waals surface area contributed by atoms with Crippen molar-refractivity contribution in [2.24, 2.45) is 0 Å². The second-order valence-electron chi connectivity index (χ2n) is 6.13. The van der Waals surface area contributed by atoms with E-state index in [0.717, 1.165) is 41.3 Å². The van der Waals surface area contributed by atoms with Crippen molar-refractivity contribution in [2.75, 3.05) is 12.4 Å². The van der Waals surface area contributed by atoms with Gasteiger partial charge in [-0.1, -0.05) is 34.5 Å². The van der Waals surface area contributed by atoms with Crippen LogP contribution in [-0.4, -0.2) is 19.0 Å². The normalized spacial score (nSPS) is 13.9. The molecular formula is C20H20BrNO3S. The van der Waals surface area contributed by atoms with Gasteiger partial charge in [0.05, 0.1) is 12.7 Å². The second kappa shape index (κ2) is 8.64. The van der Waals surface area contributed by atoms with Gasteiger partial charge in [0.2, 0.25) is 5.91 Å². The Morgan fingerprint density at radius 1 is 1.15 bits per heavy atom. The van der Waals surface area contributed by atoms with E-state index in [4.69, 9.17) is 4.74 Å². The summed E-state index contributed by atoms with van der Waals surface area (Å²) >= 11 is 4.88. The number of ether oxygens (including phenoxy) is 1.